The van der Waals surface area contributed by atoms with Crippen molar-refractivity contribution in [2.75, 3.05) is 19.6 Å². The van der Waals surface area contributed by atoms with Gasteiger partial charge in [0.05, 0.1) is 6.54 Å². The van der Waals surface area contributed by atoms with Gasteiger partial charge in [-0.2, -0.15) is 0 Å². The van der Waals surface area contributed by atoms with Crippen LogP contribution in [0.1, 0.15) is 37.7 Å². The Bertz CT molecular complexity index is 757. The van der Waals surface area contributed by atoms with Crippen LogP contribution in [0.25, 0.3) is 0 Å². The Morgan fingerprint density at radius 3 is 2.50 bits per heavy atom. The third-order valence-electron chi connectivity index (χ3n) is 6.22. The van der Waals surface area contributed by atoms with Crippen LogP contribution in [-0.4, -0.2) is 64.3 Å². The van der Waals surface area contributed by atoms with Gasteiger partial charge in [0.15, 0.2) is 0 Å². The number of phenols is 1. The molecule has 0 aromatic heterocycles. The Morgan fingerprint density at radius 2 is 1.79 bits per heavy atom. The molecule has 2 saturated heterocycles. The van der Waals surface area contributed by atoms with Crippen molar-refractivity contribution in [1.82, 2.24) is 15.1 Å². The molecule has 0 bridgehead atoms. The molecule has 1 aromatic rings. The number of hydrogen-bond donors (Lipinski definition) is 2. The first-order valence-corrected chi connectivity index (χ1v) is 10.2. The molecule has 2 heterocycles. The van der Waals surface area contributed by atoms with Crippen molar-refractivity contribution >= 4 is 17.7 Å². The number of nitrogens with one attached hydrogen (secondary N) is 1. The van der Waals surface area contributed by atoms with Gasteiger partial charge in [0.2, 0.25) is 17.7 Å². The largest absolute Gasteiger partial charge is 0.508 e. The predicted molar refractivity (Wildman–Crippen MR) is 102 cm³/mol. The third kappa shape index (κ3) is 3.70. The van der Waals surface area contributed by atoms with Crippen molar-refractivity contribution in [3.05, 3.63) is 29.8 Å². The lowest BCUT2D eigenvalue weighted by molar-refractivity contribution is -0.156. The van der Waals surface area contributed by atoms with Gasteiger partial charge >= 0.3 is 0 Å². The molecule has 1 aromatic carbocycles. The molecule has 7 heteroatoms. The zero-order valence-electron chi connectivity index (χ0n) is 16.0. The van der Waals surface area contributed by atoms with E-state index < -0.39 is 12.1 Å². The molecule has 7 nitrogen and oxygen atoms in total. The lowest BCUT2D eigenvalue weighted by Crippen LogP contribution is -2.70. The van der Waals surface area contributed by atoms with Crippen molar-refractivity contribution < 1.29 is 19.5 Å². The van der Waals surface area contributed by atoms with Crippen LogP contribution >= 0.6 is 0 Å². The van der Waals surface area contributed by atoms with Crippen LogP contribution in [0.3, 0.4) is 0 Å². The van der Waals surface area contributed by atoms with Crippen LogP contribution in [0.4, 0.5) is 0 Å². The molecule has 0 spiro atoms. The Hall–Kier alpha value is -2.57. The van der Waals surface area contributed by atoms with Gasteiger partial charge in [-0.3, -0.25) is 14.4 Å². The van der Waals surface area contributed by atoms with Gasteiger partial charge in [-0.05, 0) is 30.5 Å². The minimum atomic E-state index is -0.603. The number of rotatable bonds is 3. The molecule has 2 aliphatic heterocycles. The Kier molecular flexibility index (Phi) is 5.24. The maximum absolute atomic E-state index is 12.9. The van der Waals surface area contributed by atoms with E-state index in [9.17, 15) is 19.5 Å². The maximum atomic E-state index is 12.9. The highest BCUT2D eigenvalue weighted by Crippen LogP contribution is 2.27. The molecule has 1 saturated carbocycles. The molecule has 0 unspecified atom stereocenters. The van der Waals surface area contributed by atoms with Crippen LogP contribution in [0.15, 0.2) is 24.3 Å². The minimum Gasteiger partial charge on any atom is -0.508 e. The van der Waals surface area contributed by atoms with Crippen LogP contribution < -0.4 is 5.32 Å². The number of hydrogen-bond acceptors (Lipinski definition) is 4. The summed E-state index contributed by atoms with van der Waals surface area (Å²) >= 11 is 0. The van der Waals surface area contributed by atoms with Gasteiger partial charge < -0.3 is 20.2 Å². The smallest absolute Gasteiger partial charge is 0.246 e. The first-order chi connectivity index (χ1) is 13.5. The monoisotopic (exact) mass is 385 g/mol. The van der Waals surface area contributed by atoms with Crippen molar-refractivity contribution in [3.63, 3.8) is 0 Å². The third-order valence-corrected chi connectivity index (χ3v) is 6.22. The van der Waals surface area contributed by atoms with E-state index in [-0.39, 0.29) is 29.4 Å². The average Bonchev–Trinajstić information content (AvgIpc) is 2.73. The Morgan fingerprint density at radius 1 is 1.07 bits per heavy atom. The molecule has 2 atom stereocenters. The van der Waals surface area contributed by atoms with Crippen LogP contribution in [0.5, 0.6) is 5.75 Å². The standard InChI is InChI=1S/C21H27N3O4/c25-16-8-6-14(7-9-16)12-17-21(28)24-11-10-23(13-18(24)19(26)22-17)20(27)15-4-2-1-3-5-15/h6-9,15,17-18,25H,1-5,10-13H2,(H,22,26)/t17-,18+/m0/s1. The first-order valence-electron chi connectivity index (χ1n) is 10.2. The molecule has 2 N–H and O–H groups in total. The topological polar surface area (TPSA) is 89.9 Å². The van der Waals surface area contributed by atoms with E-state index >= 15 is 0 Å². The van der Waals surface area contributed by atoms with E-state index in [1.165, 1.54) is 6.42 Å². The fraction of sp³-hybridized carbons (Fsp3) is 0.571. The van der Waals surface area contributed by atoms with E-state index in [4.69, 9.17) is 0 Å². The number of carbonyl (C=O) groups is 3. The molecule has 3 fully saturated rings. The molecule has 1 aliphatic carbocycles. The molecule has 4 rings (SSSR count). The second-order valence-electron chi connectivity index (χ2n) is 8.10. The van der Waals surface area contributed by atoms with Gasteiger partial charge in [-0.15, -0.1) is 0 Å². The molecule has 3 aliphatic rings. The number of benzene rings is 1. The molecular weight excluding hydrogens is 358 g/mol. The summed E-state index contributed by atoms with van der Waals surface area (Å²) in [4.78, 5) is 41.8. The van der Waals surface area contributed by atoms with Crippen molar-refractivity contribution in [2.45, 2.75) is 50.6 Å². The second-order valence-corrected chi connectivity index (χ2v) is 8.10. The van der Waals surface area contributed by atoms with E-state index in [1.54, 1.807) is 34.1 Å². The van der Waals surface area contributed by atoms with Gasteiger partial charge in [-0.1, -0.05) is 31.4 Å². The zero-order valence-corrected chi connectivity index (χ0v) is 16.0. The molecular formula is C21H27N3O4. The predicted octanol–water partition coefficient (Wildman–Crippen LogP) is 1.05. The van der Waals surface area contributed by atoms with Crippen LogP contribution in [-0.2, 0) is 20.8 Å². The normalized spacial score (nSPS) is 26.0. The van der Waals surface area contributed by atoms with E-state index in [0.29, 0.717) is 26.1 Å². The summed E-state index contributed by atoms with van der Waals surface area (Å²) in [5.74, 6) is 0.101. The summed E-state index contributed by atoms with van der Waals surface area (Å²) in [6.07, 6.45) is 5.64. The summed E-state index contributed by atoms with van der Waals surface area (Å²) < 4.78 is 0. The highest BCUT2D eigenvalue weighted by molar-refractivity contribution is 5.98. The zero-order chi connectivity index (χ0) is 19.7. The number of nitrogens with zero attached hydrogens (tertiary/aromatic N) is 2. The van der Waals surface area contributed by atoms with E-state index in [2.05, 4.69) is 5.32 Å². The molecule has 150 valence electrons. The summed E-state index contributed by atoms with van der Waals surface area (Å²) in [5.41, 5.74) is 0.876. The first kappa shape index (κ1) is 18.8. The molecule has 0 radical (unpaired) electrons. The summed E-state index contributed by atoms with van der Waals surface area (Å²) in [7, 11) is 0. The summed E-state index contributed by atoms with van der Waals surface area (Å²) in [6, 6.07) is 5.45. The Labute approximate surface area is 164 Å². The van der Waals surface area contributed by atoms with Gasteiger partial charge in [0.25, 0.3) is 0 Å². The lowest BCUT2D eigenvalue weighted by Gasteiger charge is -2.46. The van der Waals surface area contributed by atoms with Crippen molar-refractivity contribution in [3.8, 4) is 5.75 Å². The number of aromatic hydroxyl groups is 1. The quantitative estimate of drug-likeness (QED) is 0.814. The van der Waals surface area contributed by atoms with E-state index in [0.717, 1.165) is 31.2 Å². The van der Waals surface area contributed by atoms with E-state index in [1.807, 2.05) is 0 Å². The van der Waals surface area contributed by atoms with Crippen molar-refractivity contribution in [2.24, 2.45) is 5.92 Å². The number of fused-ring (bicyclic) bond motifs is 1. The van der Waals surface area contributed by atoms with Gasteiger partial charge in [-0.25, -0.2) is 0 Å². The van der Waals surface area contributed by atoms with Gasteiger partial charge in [0, 0.05) is 25.4 Å². The fourth-order valence-electron chi connectivity index (χ4n) is 4.61. The Balaban J connectivity index is 1.41. The lowest BCUT2D eigenvalue weighted by atomic mass is 9.88. The van der Waals surface area contributed by atoms with Gasteiger partial charge in [0.1, 0.15) is 17.8 Å². The highest BCUT2D eigenvalue weighted by Gasteiger charge is 2.44. The fourth-order valence-corrected chi connectivity index (χ4v) is 4.61. The highest BCUT2D eigenvalue weighted by atomic mass is 16.3. The van der Waals surface area contributed by atoms with Crippen LogP contribution in [0, 0.1) is 5.92 Å². The number of piperazine rings is 2. The average molecular weight is 385 g/mol. The van der Waals surface area contributed by atoms with Crippen molar-refractivity contribution in [1.29, 1.82) is 0 Å². The summed E-state index contributed by atoms with van der Waals surface area (Å²) in [6.45, 7) is 1.19. The number of amides is 3. The maximum Gasteiger partial charge on any atom is 0.246 e. The molecule has 28 heavy (non-hydrogen) atoms. The summed E-state index contributed by atoms with van der Waals surface area (Å²) in [5, 5.41) is 12.2. The molecule has 3 amide bonds. The SMILES string of the molecule is O=C1N[C@@H](Cc2ccc(O)cc2)C(=O)N2CCN(C(=O)C3CCCCC3)C[C@H]12. The van der Waals surface area contributed by atoms with Crippen LogP contribution in [0.2, 0.25) is 0 Å². The number of phenolic OH excluding ortho intramolecular Hbond substituents is 1. The number of carbonyl (C=O) groups excluding carboxylic acids is 3. The minimum absolute atomic E-state index is 0.0740. The second kappa shape index (κ2) is 7.81.